The van der Waals surface area contributed by atoms with E-state index in [1.54, 1.807) is 51.7 Å². The van der Waals surface area contributed by atoms with Crippen LogP contribution < -0.4 is 16.4 Å². The van der Waals surface area contributed by atoms with E-state index in [0.717, 1.165) is 15.1 Å². The van der Waals surface area contributed by atoms with Crippen LogP contribution in [-0.2, 0) is 7.05 Å². The number of anilines is 2. The third-order valence-corrected chi connectivity index (χ3v) is 9.08. The highest BCUT2D eigenvalue weighted by molar-refractivity contribution is 8.77. The zero-order valence-electron chi connectivity index (χ0n) is 18.9. The number of thiophene rings is 1. The summed E-state index contributed by atoms with van der Waals surface area (Å²) in [5.74, 6) is 0.0417. The number of benzene rings is 1. The van der Waals surface area contributed by atoms with Gasteiger partial charge in [0.05, 0.1) is 4.88 Å². The van der Waals surface area contributed by atoms with E-state index in [9.17, 15) is 9.59 Å². The lowest BCUT2D eigenvalue weighted by Crippen LogP contribution is -2.35. The molecular formula is C23H24N6O2S3. The van der Waals surface area contributed by atoms with Crippen molar-refractivity contribution >= 4 is 66.3 Å². The van der Waals surface area contributed by atoms with Gasteiger partial charge in [-0.3, -0.25) is 9.59 Å². The van der Waals surface area contributed by atoms with E-state index >= 15 is 0 Å². The minimum atomic E-state index is -0.352. The van der Waals surface area contributed by atoms with Gasteiger partial charge in [0.25, 0.3) is 11.8 Å². The number of hydrogen-bond donors (Lipinski definition) is 3. The number of pyridine rings is 1. The summed E-state index contributed by atoms with van der Waals surface area (Å²) in [5, 5.41) is 7.69. The van der Waals surface area contributed by atoms with Crippen LogP contribution in [0.5, 0.6) is 0 Å². The maximum absolute atomic E-state index is 12.8. The van der Waals surface area contributed by atoms with E-state index in [1.165, 1.54) is 11.3 Å². The summed E-state index contributed by atoms with van der Waals surface area (Å²) < 4.78 is 2.36. The topological polar surface area (TPSA) is 115 Å². The van der Waals surface area contributed by atoms with Crippen LogP contribution in [-0.4, -0.2) is 37.6 Å². The molecule has 3 aromatic heterocycles. The van der Waals surface area contributed by atoms with E-state index in [4.69, 9.17) is 5.73 Å². The van der Waals surface area contributed by atoms with Crippen molar-refractivity contribution in [2.24, 2.45) is 7.05 Å². The van der Waals surface area contributed by atoms with Gasteiger partial charge in [-0.2, -0.15) is 0 Å². The first-order valence-corrected chi connectivity index (χ1v) is 13.4. The predicted octanol–water partition coefficient (Wildman–Crippen LogP) is 4.81. The van der Waals surface area contributed by atoms with Gasteiger partial charge in [0, 0.05) is 41.1 Å². The van der Waals surface area contributed by atoms with Gasteiger partial charge in [-0.1, -0.05) is 16.9 Å². The van der Waals surface area contributed by atoms with E-state index < -0.39 is 0 Å². The maximum Gasteiger partial charge on any atom is 0.291 e. The Morgan fingerprint density at radius 3 is 2.71 bits per heavy atom. The van der Waals surface area contributed by atoms with Gasteiger partial charge >= 0.3 is 0 Å². The Kier molecular flexibility index (Phi) is 7.15. The Balaban J connectivity index is 1.37. The first-order chi connectivity index (χ1) is 16.2. The molecule has 0 spiro atoms. The third kappa shape index (κ3) is 5.91. The zero-order valence-corrected chi connectivity index (χ0v) is 21.3. The van der Waals surface area contributed by atoms with Gasteiger partial charge < -0.3 is 20.9 Å². The Hall–Kier alpha value is -3.02. The van der Waals surface area contributed by atoms with Gasteiger partial charge in [0.2, 0.25) is 5.82 Å². The monoisotopic (exact) mass is 512 g/mol. The number of carbonyl (C=O) groups excluding carboxylic acids is 2. The molecule has 8 nitrogen and oxygen atoms in total. The van der Waals surface area contributed by atoms with E-state index in [0.29, 0.717) is 17.1 Å². The molecule has 34 heavy (non-hydrogen) atoms. The zero-order chi connectivity index (χ0) is 24.3. The number of aromatic nitrogens is 3. The standard InChI is InChI=1S/C23H24N6O2S3/c1-23(2,34-33-19-6-4-5-9-25-19)13-26-21(30)17-11-14-10-15(7-8-16(14)32-17)27-22(31)20-28-18(24)12-29(20)3/h4-12H,13,24H2,1-3H3,(H,26,30)(H,27,31). The highest BCUT2D eigenvalue weighted by atomic mass is 33.1. The molecule has 0 unspecified atom stereocenters. The lowest BCUT2D eigenvalue weighted by molar-refractivity contribution is 0.0954. The normalized spacial score (nSPS) is 11.5. The number of nitrogen functional groups attached to an aromatic ring is 1. The number of hydrogen-bond acceptors (Lipinski definition) is 8. The van der Waals surface area contributed by atoms with Gasteiger partial charge in [-0.15, -0.1) is 11.3 Å². The van der Waals surface area contributed by atoms with Crippen LogP contribution in [0, 0.1) is 0 Å². The molecule has 0 aliphatic carbocycles. The van der Waals surface area contributed by atoms with Gasteiger partial charge in [0.1, 0.15) is 10.8 Å². The molecule has 3 heterocycles. The lowest BCUT2D eigenvalue weighted by atomic mass is 10.2. The number of fused-ring (bicyclic) bond motifs is 1. The SMILES string of the molecule is Cn1cc(N)nc1C(=O)Nc1ccc2sc(C(=O)NCC(C)(C)SSc3ccccn3)cc2c1. The number of nitrogens with two attached hydrogens (primary N) is 1. The van der Waals surface area contributed by atoms with Gasteiger partial charge in [0.15, 0.2) is 0 Å². The van der Waals surface area contributed by atoms with Crippen molar-refractivity contribution in [3.63, 3.8) is 0 Å². The molecule has 0 saturated carbocycles. The number of amides is 2. The highest BCUT2D eigenvalue weighted by Crippen LogP contribution is 2.39. The van der Waals surface area contributed by atoms with Crippen molar-refractivity contribution in [3.8, 4) is 0 Å². The lowest BCUT2D eigenvalue weighted by Gasteiger charge is -2.23. The first kappa shape index (κ1) is 24.1. The van der Waals surface area contributed by atoms with E-state index in [-0.39, 0.29) is 28.2 Å². The predicted molar refractivity (Wildman–Crippen MR) is 141 cm³/mol. The summed E-state index contributed by atoms with van der Waals surface area (Å²) in [6, 6.07) is 13.2. The molecule has 0 radical (unpaired) electrons. The molecule has 1 aromatic carbocycles. The fourth-order valence-corrected chi connectivity index (χ4v) is 6.13. The molecule has 4 N–H and O–H groups in total. The van der Waals surface area contributed by atoms with Gasteiger partial charge in [-0.25, -0.2) is 9.97 Å². The quantitative estimate of drug-likeness (QED) is 0.290. The maximum atomic E-state index is 12.8. The number of aryl methyl sites for hydroxylation is 1. The second kappa shape index (κ2) is 10.1. The summed E-state index contributed by atoms with van der Waals surface area (Å²) >= 11 is 1.42. The fraction of sp³-hybridized carbons (Fsp3) is 0.217. The Morgan fingerprint density at radius 1 is 1.18 bits per heavy atom. The van der Waals surface area contributed by atoms with Crippen molar-refractivity contribution in [3.05, 3.63) is 65.6 Å². The van der Waals surface area contributed by atoms with Crippen LogP contribution in [0.25, 0.3) is 10.1 Å². The Bertz CT molecular complexity index is 1330. The van der Waals surface area contributed by atoms with Crippen LogP contribution in [0.3, 0.4) is 0 Å². The number of rotatable bonds is 8. The van der Waals surface area contributed by atoms with E-state index in [2.05, 4.69) is 34.4 Å². The molecule has 176 valence electrons. The van der Waals surface area contributed by atoms with Crippen LogP contribution in [0.15, 0.2) is 59.9 Å². The van der Waals surface area contributed by atoms with Crippen molar-refractivity contribution in [1.82, 2.24) is 19.9 Å². The third-order valence-electron chi connectivity index (χ3n) is 4.76. The smallest absolute Gasteiger partial charge is 0.291 e. The molecule has 4 aromatic rings. The first-order valence-electron chi connectivity index (χ1n) is 10.4. The summed E-state index contributed by atoms with van der Waals surface area (Å²) in [6.07, 6.45) is 3.35. The van der Waals surface area contributed by atoms with Crippen LogP contribution >= 0.6 is 32.9 Å². The molecule has 0 aliphatic heterocycles. The van der Waals surface area contributed by atoms with Crippen molar-refractivity contribution in [2.75, 3.05) is 17.6 Å². The van der Waals surface area contributed by atoms with Crippen LogP contribution in [0.4, 0.5) is 11.5 Å². The summed E-state index contributed by atoms with van der Waals surface area (Å²) in [5.41, 5.74) is 6.28. The fourth-order valence-electron chi connectivity index (χ4n) is 3.08. The number of carbonyl (C=O) groups is 2. The highest BCUT2D eigenvalue weighted by Gasteiger charge is 2.22. The summed E-state index contributed by atoms with van der Waals surface area (Å²) in [4.78, 5) is 34.3. The Labute approximate surface area is 209 Å². The second-order valence-electron chi connectivity index (χ2n) is 8.19. The number of imidazole rings is 1. The van der Waals surface area contributed by atoms with Crippen LogP contribution in [0.1, 0.15) is 34.1 Å². The molecule has 2 amide bonds. The molecule has 0 bridgehead atoms. The Morgan fingerprint density at radius 2 is 2.00 bits per heavy atom. The molecule has 0 aliphatic rings. The number of nitrogens with one attached hydrogen (secondary N) is 2. The largest absolute Gasteiger partial charge is 0.382 e. The number of nitrogens with zero attached hydrogens (tertiary/aromatic N) is 3. The molecule has 0 saturated heterocycles. The molecule has 11 heteroatoms. The second-order valence-corrected chi connectivity index (χ2v) is 12.1. The molecule has 4 rings (SSSR count). The minimum Gasteiger partial charge on any atom is -0.382 e. The molecule has 0 fully saturated rings. The minimum absolute atomic E-state index is 0.119. The van der Waals surface area contributed by atoms with Crippen molar-refractivity contribution in [1.29, 1.82) is 0 Å². The van der Waals surface area contributed by atoms with E-state index in [1.807, 2.05) is 36.4 Å². The van der Waals surface area contributed by atoms with Crippen LogP contribution in [0.2, 0.25) is 0 Å². The van der Waals surface area contributed by atoms with Gasteiger partial charge in [-0.05, 0) is 66.4 Å². The summed E-state index contributed by atoms with van der Waals surface area (Å²) in [6.45, 7) is 4.69. The summed E-state index contributed by atoms with van der Waals surface area (Å²) in [7, 11) is 4.98. The van der Waals surface area contributed by atoms with Crippen molar-refractivity contribution < 1.29 is 9.59 Å². The average molecular weight is 513 g/mol. The van der Waals surface area contributed by atoms with Crippen molar-refractivity contribution in [2.45, 2.75) is 23.6 Å². The molecular weight excluding hydrogens is 488 g/mol. The average Bonchev–Trinajstić information content (AvgIpc) is 3.39. The molecule has 0 atom stereocenters.